The van der Waals surface area contributed by atoms with Crippen LogP contribution in [0, 0.1) is 0 Å². The summed E-state index contributed by atoms with van der Waals surface area (Å²) in [4.78, 5) is 55.5. The smallest absolute Gasteiger partial charge is 0.463 e. The molecular weight excluding hydrogens is 448 g/mol. The molecular formula is C18H22N4O9S. The number of rotatable bonds is 6. The van der Waals surface area contributed by atoms with Crippen LogP contribution in [0.1, 0.15) is 33.9 Å². The van der Waals surface area contributed by atoms with Crippen LogP contribution in [-0.2, 0) is 33.3 Å². The van der Waals surface area contributed by atoms with Gasteiger partial charge in [-0.05, 0) is 13.8 Å². The molecule has 2 aromatic rings. The average Bonchev–Trinajstić information content (AvgIpc) is 3.15. The highest BCUT2D eigenvalue weighted by Gasteiger charge is 2.52. The zero-order valence-electron chi connectivity index (χ0n) is 17.7. The van der Waals surface area contributed by atoms with Crippen LogP contribution in [0.5, 0.6) is 0 Å². The summed E-state index contributed by atoms with van der Waals surface area (Å²) in [6.45, 7) is 5.26. The van der Waals surface area contributed by atoms with Crippen LogP contribution in [-0.4, -0.2) is 63.7 Å². The standard InChI is InChI=1S/C18H22N4O9S/c1-7(2)28-18(26)31-13-12(29-9(4)24)10(6-27-8(3)23)30-15(13)22-14-11(32-17(22)25)5-20-16(19)21-14/h5,7,10,12-13,15H,6H2,1-4H3,(H2,19,20,21)/t10-,12+,13-,15-/m1/s1. The fourth-order valence-corrected chi connectivity index (χ4v) is 3.93. The van der Waals surface area contributed by atoms with E-state index in [2.05, 4.69) is 9.97 Å². The lowest BCUT2D eigenvalue weighted by atomic mass is 10.1. The molecule has 4 atom stereocenters. The van der Waals surface area contributed by atoms with E-state index >= 15 is 0 Å². The van der Waals surface area contributed by atoms with Crippen LogP contribution >= 0.6 is 11.3 Å². The summed E-state index contributed by atoms with van der Waals surface area (Å²) in [6, 6.07) is 0. The number of carbonyl (C=O) groups excluding carboxylic acids is 3. The Balaban J connectivity index is 2.06. The largest absolute Gasteiger partial charge is 0.509 e. The van der Waals surface area contributed by atoms with Gasteiger partial charge in [-0.3, -0.25) is 19.0 Å². The van der Waals surface area contributed by atoms with Crippen LogP contribution in [0.2, 0.25) is 0 Å². The molecule has 3 rings (SSSR count). The monoisotopic (exact) mass is 470 g/mol. The number of hydrogen-bond donors (Lipinski definition) is 1. The van der Waals surface area contributed by atoms with Crippen molar-refractivity contribution in [1.29, 1.82) is 0 Å². The predicted molar refractivity (Wildman–Crippen MR) is 109 cm³/mol. The van der Waals surface area contributed by atoms with E-state index in [1.807, 2.05) is 0 Å². The van der Waals surface area contributed by atoms with Crippen molar-refractivity contribution in [1.82, 2.24) is 14.5 Å². The number of thiazole rings is 1. The van der Waals surface area contributed by atoms with E-state index in [1.165, 1.54) is 13.1 Å². The molecule has 0 bridgehead atoms. The fourth-order valence-electron chi connectivity index (χ4n) is 3.11. The van der Waals surface area contributed by atoms with Crippen molar-refractivity contribution in [2.45, 2.75) is 58.3 Å². The summed E-state index contributed by atoms with van der Waals surface area (Å²) in [5, 5.41) is 0. The number of nitrogens with zero attached hydrogens (tertiary/aromatic N) is 3. The second kappa shape index (κ2) is 9.48. The highest BCUT2D eigenvalue weighted by molar-refractivity contribution is 7.16. The molecule has 2 N–H and O–H groups in total. The van der Waals surface area contributed by atoms with Crippen LogP contribution in [0.25, 0.3) is 10.3 Å². The van der Waals surface area contributed by atoms with Gasteiger partial charge in [0.1, 0.15) is 12.7 Å². The Morgan fingerprint density at radius 2 is 1.94 bits per heavy atom. The Kier molecular flexibility index (Phi) is 6.93. The van der Waals surface area contributed by atoms with Crippen molar-refractivity contribution < 1.29 is 38.1 Å². The first kappa shape index (κ1) is 23.4. The van der Waals surface area contributed by atoms with E-state index in [9.17, 15) is 19.2 Å². The van der Waals surface area contributed by atoms with E-state index in [0.29, 0.717) is 4.70 Å². The zero-order valence-corrected chi connectivity index (χ0v) is 18.5. The molecule has 1 fully saturated rings. The highest BCUT2D eigenvalue weighted by Crippen LogP contribution is 2.36. The van der Waals surface area contributed by atoms with Gasteiger partial charge in [0.25, 0.3) is 0 Å². The molecule has 1 aliphatic heterocycles. The molecule has 0 aromatic carbocycles. The minimum absolute atomic E-state index is 0.0910. The normalized spacial score (nSPS) is 22.7. The quantitative estimate of drug-likeness (QED) is 0.465. The fraction of sp³-hybridized carbons (Fsp3) is 0.556. The van der Waals surface area contributed by atoms with Crippen LogP contribution in [0.3, 0.4) is 0 Å². The summed E-state index contributed by atoms with van der Waals surface area (Å²) in [5.41, 5.74) is 5.80. The summed E-state index contributed by atoms with van der Waals surface area (Å²) in [5.74, 6) is -1.40. The van der Waals surface area contributed by atoms with E-state index < -0.39 is 53.6 Å². The minimum atomic E-state index is -1.32. The molecule has 1 aliphatic rings. The molecule has 0 radical (unpaired) electrons. The zero-order chi connectivity index (χ0) is 23.6. The van der Waals surface area contributed by atoms with Gasteiger partial charge >= 0.3 is 23.0 Å². The molecule has 0 aliphatic carbocycles. The summed E-state index contributed by atoms with van der Waals surface area (Å²) in [6.07, 6.45) is -5.05. The van der Waals surface area contributed by atoms with Gasteiger partial charge in [0, 0.05) is 13.8 Å². The molecule has 14 heteroatoms. The number of fused-ring (bicyclic) bond motifs is 1. The van der Waals surface area contributed by atoms with Crippen molar-refractivity contribution in [3.63, 3.8) is 0 Å². The van der Waals surface area contributed by atoms with Crippen LogP contribution in [0.15, 0.2) is 11.0 Å². The van der Waals surface area contributed by atoms with Gasteiger partial charge < -0.3 is 29.4 Å². The number of nitrogens with two attached hydrogens (primary N) is 1. The molecule has 0 saturated carbocycles. The van der Waals surface area contributed by atoms with Crippen molar-refractivity contribution in [3.8, 4) is 0 Å². The Morgan fingerprint density at radius 1 is 1.22 bits per heavy atom. The Hall–Kier alpha value is -3.26. The molecule has 3 heterocycles. The number of esters is 2. The number of nitrogen functional groups attached to an aromatic ring is 1. The second-order valence-electron chi connectivity index (χ2n) is 7.09. The summed E-state index contributed by atoms with van der Waals surface area (Å²) in [7, 11) is 0. The first-order valence-corrected chi connectivity index (χ1v) is 10.3. The third kappa shape index (κ3) is 5.13. The van der Waals surface area contributed by atoms with E-state index in [0.717, 1.165) is 22.8 Å². The van der Waals surface area contributed by atoms with E-state index in [4.69, 9.17) is 29.4 Å². The molecule has 13 nitrogen and oxygen atoms in total. The molecule has 2 aromatic heterocycles. The molecule has 174 valence electrons. The highest BCUT2D eigenvalue weighted by atomic mass is 32.1. The van der Waals surface area contributed by atoms with Gasteiger partial charge in [0.15, 0.2) is 24.1 Å². The van der Waals surface area contributed by atoms with Crippen LogP contribution in [0.4, 0.5) is 10.7 Å². The molecule has 32 heavy (non-hydrogen) atoms. The van der Waals surface area contributed by atoms with Gasteiger partial charge in [-0.15, -0.1) is 0 Å². The maximum atomic E-state index is 12.8. The van der Waals surface area contributed by atoms with Gasteiger partial charge in [0.05, 0.1) is 17.0 Å². The molecule has 1 saturated heterocycles. The maximum Gasteiger partial charge on any atom is 0.509 e. The van der Waals surface area contributed by atoms with Crippen molar-refractivity contribution in [2.24, 2.45) is 0 Å². The predicted octanol–water partition coefficient (Wildman–Crippen LogP) is 0.758. The Morgan fingerprint density at radius 3 is 2.56 bits per heavy atom. The number of aromatic nitrogens is 3. The number of carbonyl (C=O) groups is 3. The van der Waals surface area contributed by atoms with Crippen molar-refractivity contribution in [3.05, 3.63) is 15.9 Å². The topological polar surface area (TPSA) is 171 Å². The van der Waals surface area contributed by atoms with Crippen LogP contribution < -0.4 is 10.6 Å². The molecule has 0 spiro atoms. The number of anilines is 1. The van der Waals surface area contributed by atoms with Gasteiger partial charge in [-0.1, -0.05) is 11.3 Å². The SMILES string of the molecule is CC(=O)OC[C@H]1O[C@@H](n2c(=O)sc3cnc(N)nc32)[C@H](OC(=O)OC(C)C)[C@H]1OC(C)=O. The lowest BCUT2D eigenvalue weighted by Gasteiger charge is -2.24. The molecule has 0 unspecified atom stereocenters. The average molecular weight is 470 g/mol. The third-order valence-electron chi connectivity index (χ3n) is 4.23. The van der Waals surface area contributed by atoms with Gasteiger partial charge in [-0.25, -0.2) is 9.78 Å². The van der Waals surface area contributed by atoms with E-state index in [1.54, 1.807) is 13.8 Å². The van der Waals surface area contributed by atoms with Gasteiger partial charge in [-0.2, -0.15) is 4.98 Å². The lowest BCUT2D eigenvalue weighted by molar-refractivity contribution is -0.158. The minimum Gasteiger partial charge on any atom is -0.463 e. The first-order valence-electron chi connectivity index (χ1n) is 9.53. The number of hydrogen-bond acceptors (Lipinski definition) is 13. The Bertz CT molecular complexity index is 1080. The first-order chi connectivity index (χ1) is 15.1. The van der Waals surface area contributed by atoms with Crippen molar-refractivity contribution >= 4 is 45.7 Å². The summed E-state index contributed by atoms with van der Waals surface area (Å²) >= 11 is 0.822. The molecule has 0 amide bonds. The van der Waals surface area contributed by atoms with Gasteiger partial charge in [0.2, 0.25) is 5.95 Å². The van der Waals surface area contributed by atoms with Crippen molar-refractivity contribution in [2.75, 3.05) is 12.3 Å². The Labute approximate surface area is 185 Å². The maximum absolute atomic E-state index is 12.8. The lowest BCUT2D eigenvalue weighted by Crippen LogP contribution is -2.41. The summed E-state index contributed by atoms with van der Waals surface area (Å²) < 4.78 is 28.2. The second-order valence-corrected chi connectivity index (χ2v) is 8.09. The third-order valence-corrected chi connectivity index (χ3v) is 5.11. The number of ether oxygens (including phenoxy) is 5. The van der Waals surface area contributed by atoms with E-state index in [-0.39, 0.29) is 18.2 Å².